The van der Waals surface area contributed by atoms with Gasteiger partial charge in [0, 0.05) is 36.4 Å². The van der Waals surface area contributed by atoms with Crippen LogP contribution in [0.2, 0.25) is 0 Å². The van der Waals surface area contributed by atoms with E-state index in [1.165, 1.54) is 19.4 Å². The predicted molar refractivity (Wildman–Crippen MR) is 267 cm³/mol. The van der Waals surface area contributed by atoms with Crippen LogP contribution in [0.4, 0.5) is 13.2 Å². The van der Waals surface area contributed by atoms with Gasteiger partial charge in [0.25, 0.3) is 0 Å². The lowest BCUT2D eigenvalue weighted by atomic mass is 10.1. The Morgan fingerprint density at radius 2 is 1.23 bits per heavy atom. The topological polar surface area (TPSA) is 518 Å². The number of rotatable bonds is 15. The predicted octanol–water partition coefficient (Wildman–Crippen LogP) is -8.50. The van der Waals surface area contributed by atoms with Crippen molar-refractivity contribution in [3.63, 3.8) is 0 Å². The molecule has 3 heterocycles. The van der Waals surface area contributed by atoms with Gasteiger partial charge in [-0.15, -0.1) is 0 Å². The Kier molecular flexibility index (Phi) is 29.5. The monoisotopic (exact) mass is 1170 g/mol. The van der Waals surface area contributed by atoms with Crippen molar-refractivity contribution in [1.82, 2.24) is 62.7 Å². The average Bonchev–Trinajstić information content (AvgIpc) is 4.12. The van der Waals surface area contributed by atoms with Gasteiger partial charge in [0.05, 0.1) is 38.8 Å². The molecule has 1 aromatic rings. The number of fused-ring (bicyclic) bond motifs is 1. The number of nitrogens with zero attached hydrogens (tertiary/aromatic N) is 2. The zero-order valence-electron chi connectivity index (χ0n) is 42.1. The second kappa shape index (κ2) is 34.2. The molecule has 0 spiro atoms. The smallest absolute Gasteiger partial charge is 0.480 e. The number of aliphatic hydroxyl groups is 4. The maximum Gasteiger partial charge on any atom is 0.490 e. The maximum atomic E-state index is 14.1. The summed E-state index contributed by atoms with van der Waals surface area (Å²) in [4.78, 5) is 164. The number of carbonyl (C=O) groups excluding carboxylic acids is 10. The molecule has 444 valence electrons. The van der Waals surface area contributed by atoms with Gasteiger partial charge in [0.2, 0.25) is 59.1 Å². The molecule has 1 aromatic heterocycles. The van der Waals surface area contributed by atoms with Crippen molar-refractivity contribution in [3.8, 4) is 0 Å². The van der Waals surface area contributed by atoms with Gasteiger partial charge in [-0.05, 0) is 45.6 Å². The van der Waals surface area contributed by atoms with Crippen LogP contribution in [-0.2, 0) is 64.0 Å². The number of aromatic amines is 1. The molecule has 2 fully saturated rings. The van der Waals surface area contributed by atoms with Crippen LogP contribution >= 0.6 is 21.6 Å². The highest BCUT2D eigenvalue weighted by Crippen LogP contribution is 2.24. The molecule has 0 unspecified atom stereocenters. The second-order valence-electron chi connectivity index (χ2n) is 17.2. The number of alkyl halides is 3. The fraction of sp³-hybridized carbons (Fsp3) is 0.643. The Morgan fingerprint density at radius 1 is 0.734 bits per heavy atom. The van der Waals surface area contributed by atoms with Crippen LogP contribution in [-0.4, -0.2) is 241 Å². The molecule has 37 heteroatoms. The molecular formula is C42H65F3N14O18S2. The van der Waals surface area contributed by atoms with Crippen molar-refractivity contribution in [2.24, 2.45) is 11.5 Å². The number of nitrogens with two attached hydrogens (primary N) is 2. The van der Waals surface area contributed by atoms with Gasteiger partial charge in [-0.3, -0.25) is 52.7 Å². The summed E-state index contributed by atoms with van der Waals surface area (Å²) in [5.41, 5.74) is 11.7. The first-order chi connectivity index (χ1) is 37.2. The van der Waals surface area contributed by atoms with Gasteiger partial charge in [0.1, 0.15) is 60.9 Å². The molecule has 2 saturated heterocycles. The Bertz CT molecular complexity index is 2270. The largest absolute Gasteiger partial charge is 0.490 e. The minimum atomic E-state index is -5.08. The number of hydrogen-bond donors (Lipinski definition) is 18. The number of aliphatic hydroxyl groups excluding tert-OH is 4. The van der Waals surface area contributed by atoms with Gasteiger partial charge < -0.3 is 99.8 Å². The van der Waals surface area contributed by atoms with Gasteiger partial charge in [-0.1, -0.05) is 21.6 Å². The third-order valence-corrected chi connectivity index (χ3v) is 13.6. The Labute approximate surface area is 454 Å². The van der Waals surface area contributed by atoms with Crippen LogP contribution in [0.3, 0.4) is 0 Å². The highest BCUT2D eigenvalue weighted by atomic mass is 33.1. The lowest BCUT2D eigenvalue weighted by Gasteiger charge is -2.30. The molecule has 32 nitrogen and oxygen atoms in total. The van der Waals surface area contributed by atoms with E-state index in [0.717, 1.165) is 26.5 Å². The van der Waals surface area contributed by atoms with Crippen molar-refractivity contribution in [2.75, 3.05) is 57.6 Å². The molecule has 0 bridgehead atoms. The minimum Gasteiger partial charge on any atom is -0.480 e. The van der Waals surface area contributed by atoms with Crippen LogP contribution in [0, 0.1) is 0 Å². The SMILES string of the molecule is C[C@H](N)C(=O)N[C@H]1CSSC[C@@H](C(=O)NCC(=O)O)NC(=O)[C@H](Cc2cnc[nH]2)NC(=O)[C@H](CCCCN)NC(=O)[C@H](CO)NC(=O)[C@@H]2CCCN2C(=O)[C@H](CO)NC(=O)[C@H](CO)NC(=O)[C@H](CO)NC1=O.O=C(O)C(F)(F)F. The van der Waals surface area contributed by atoms with Crippen molar-refractivity contribution in [3.05, 3.63) is 18.2 Å². The molecule has 20 N–H and O–H groups in total. The lowest BCUT2D eigenvalue weighted by Crippen LogP contribution is -2.62. The number of nitrogens with one attached hydrogen (secondary N) is 10. The fourth-order valence-electron chi connectivity index (χ4n) is 6.95. The fourth-order valence-corrected chi connectivity index (χ4v) is 9.28. The van der Waals surface area contributed by atoms with Gasteiger partial charge in [0.15, 0.2) is 0 Å². The number of amides is 10. The maximum absolute atomic E-state index is 14.1. The second-order valence-corrected chi connectivity index (χ2v) is 19.8. The van der Waals surface area contributed by atoms with E-state index < -0.39 is 171 Å². The minimum absolute atomic E-state index is 0.0200. The van der Waals surface area contributed by atoms with Crippen molar-refractivity contribution < 1.29 is 101 Å². The zero-order valence-corrected chi connectivity index (χ0v) is 43.7. The number of imidazole rings is 1. The van der Waals surface area contributed by atoms with Gasteiger partial charge in [-0.2, -0.15) is 13.2 Å². The molecule has 0 radical (unpaired) electrons. The number of halogens is 3. The summed E-state index contributed by atoms with van der Waals surface area (Å²) in [5.74, 6) is -15.1. The van der Waals surface area contributed by atoms with Crippen LogP contribution in [0.5, 0.6) is 0 Å². The highest BCUT2D eigenvalue weighted by molar-refractivity contribution is 8.76. The molecule has 0 aromatic carbocycles. The van der Waals surface area contributed by atoms with E-state index in [-0.39, 0.29) is 56.7 Å². The first-order valence-electron chi connectivity index (χ1n) is 23.9. The van der Waals surface area contributed by atoms with Crippen LogP contribution < -0.4 is 59.3 Å². The van der Waals surface area contributed by atoms with E-state index in [4.69, 9.17) is 21.4 Å². The molecular weight excluding hydrogens is 1110 g/mol. The van der Waals surface area contributed by atoms with Gasteiger partial charge >= 0.3 is 18.1 Å². The van der Waals surface area contributed by atoms with E-state index >= 15 is 0 Å². The van der Waals surface area contributed by atoms with Crippen molar-refractivity contribution in [2.45, 2.75) is 112 Å². The quantitative estimate of drug-likeness (QED) is 0.0573. The summed E-state index contributed by atoms with van der Waals surface area (Å²) in [6, 6.07) is -15.6. The summed E-state index contributed by atoms with van der Waals surface area (Å²) in [5, 5.41) is 78.0. The normalized spacial score (nSPS) is 25.2. The average molecular weight is 1180 g/mol. The summed E-state index contributed by atoms with van der Waals surface area (Å²) < 4.78 is 31.7. The zero-order chi connectivity index (χ0) is 59.6. The lowest BCUT2D eigenvalue weighted by molar-refractivity contribution is -0.192. The first-order valence-corrected chi connectivity index (χ1v) is 26.4. The number of hydrogen-bond acceptors (Lipinski definition) is 21. The molecule has 79 heavy (non-hydrogen) atoms. The molecule has 0 aliphatic carbocycles. The number of carboxylic acid groups (broad SMARTS) is 2. The number of carbonyl (C=O) groups is 12. The van der Waals surface area contributed by atoms with E-state index in [0.29, 0.717) is 12.1 Å². The highest BCUT2D eigenvalue weighted by Gasteiger charge is 2.41. The molecule has 3 rings (SSSR count). The molecule has 0 saturated carbocycles. The summed E-state index contributed by atoms with van der Waals surface area (Å²) in [6.07, 6.45) is -1.91. The Balaban J connectivity index is 0.00000284. The van der Waals surface area contributed by atoms with Crippen molar-refractivity contribution in [1.29, 1.82) is 0 Å². The summed E-state index contributed by atoms with van der Waals surface area (Å²) in [7, 11) is 1.70. The van der Waals surface area contributed by atoms with Crippen LogP contribution in [0.15, 0.2) is 12.5 Å². The van der Waals surface area contributed by atoms with Crippen LogP contribution in [0.1, 0.15) is 44.7 Å². The molecule has 2 aliphatic rings. The van der Waals surface area contributed by atoms with E-state index in [2.05, 4.69) is 57.8 Å². The Hall–Kier alpha value is -6.90. The van der Waals surface area contributed by atoms with Crippen molar-refractivity contribution >= 4 is 92.6 Å². The molecule has 10 amide bonds. The third kappa shape index (κ3) is 23.1. The van der Waals surface area contributed by atoms with E-state index in [1.54, 1.807) is 0 Å². The summed E-state index contributed by atoms with van der Waals surface area (Å²) >= 11 is 0. The Morgan fingerprint density at radius 3 is 1.73 bits per heavy atom. The van der Waals surface area contributed by atoms with Crippen LogP contribution in [0.25, 0.3) is 0 Å². The number of aromatic nitrogens is 2. The third-order valence-electron chi connectivity index (χ3n) is 11.2. The number of H-pyrrole nitrogens is 1. The molecule has 2 aliphatic heterocycles. The number of unbranched alkanes of at least 4 members (excludes halogenated alkanes) is 1. The summed E-state index contributed by atoms with van der Waals surface area (Å²) in [6.45, 7) is -3.69. The van der Waals surface area contributed by atoms with Gasteiger partial charge in [-0.25, -0.2) is 9.78 Å². The number of aliphatic carboxylic acids is 2. The molecule has 10 atom stereocenters. The first kappa shape index (κ1) is 68.2. The standard InChI is InChI=1S/C40H64N14O16S2.C2HF3O2/c1-19(42)31(61)52-28-17-72-71-16-27(32(62)44-11-30(59)60)53-34(64)22(9-20-10-43-18-45-20)47-33(63)21(5-2-3-7-41)46-35(65)25(14-57)50-39(69)29-6-4-8-54(29)40(70)26(15-58)51-37(67)24(13-56)48-36(66)23(12-55)49-38(28)68;3-2(4,5)1(6)7/h10,18-19,21-29,55-58H,2-9,11-17,41-42H2,1H3,(H,43,45)(H,44,62)(H,46,65)(H,47,63)(H,48,66)(H,49,68)(H,50,69)(H,51,67)(H,52,61)(H,53,64)(H,59,60);(H,6,7)/t19-,21-,22-,23-,24-,25-,26-,27-,28-,29-;/m0./s1. The number of carboxylic acids is 2. The van der Waals surface area contributed by atoms with E-state index in [1.807, 2.05) is 0 Å². The van der Waals surface area contributed by atoms with E-state index in [9.17, 15) is 91.4 Å².